The number of halogens is 3. The summed E-state index contributed by atoms with van der Waals surface area (Å²) in [7, 11) is 1.51. The van der Waals surface area contributed by atoms with Crippen molar-refractivity contribution >= 4 is 11.6 Å². The van der Waals surface area contributed by atoms with E-state index < -0.39 is 18.8 Å². The maximum atomic E-state index is 12.9. The number of carbonyl (C=O) groups is 1. The molecule has 1 aliphatic rings. The number of alkyl halides is 3. The molecule has 0 N–H and O–H groups in total. The zero-order chi connectivity index (χ0) is 23.0. The van der Waals surface area contributed by atoms with Crippen LogP contribution in [0.1, 0.15) is 35.9 Å². The molecule has 4 heterocycles. The van der Waals surface area contributed by atoms with Crippen LogP contribution in [0.2, 0.25) is 0 Å². The fourth-order valence-corrected chi connectivity index (χ4v) is 3.61. The van der Waals surface area contributed by atoms with Crippen LogP contribution in [0.15, 0.2) is 36.8 Å². The normalized spacial score (nSPS) is 15.8. The van der Waals surface area contributed by atoms with Gasteiger partial charge in [-0.25, -0.2) is 9.97 Å². The molecule has 4 rings (SSSR count). The molecule has 3 aromatic heterocycles. The first-order valence-electron chi connectivity index (χ1n) is 9.82. The first-order valence-corrected chi connectivity index (χ1v) is 9.82. The van der Waals surface area contributed by atoms with Crippen LogP contribution in [0.5, 0.6) is 11.6 Å². The van der Waals surface area contributed by atoms with Crippen molar-refractivity contribution in [3.05, 3.63) is 48.0 Å². The minimum Gasteiger partial charge on any atom is -0.491 e. The SMILES string of the molecule is CCOc1ncc(-c2ccc3c(n2)C(C)N(c2cnn(CC(F)(F)F)c2)C3=O)cc1OC. The molecule has 11 heteroatoms. The minimum atomic E-state index is -4.41. The predicted molar refractivity (Wildman–Crippen MR) is 109 cm³/mol. The summed E-state index contributed by atoms with van der Waals surface area (Å²) in [4.78, 5) is 23.2. The van der Waals surface area contributed by atoms with Crippen LogP contribution in [0.4, 0.5) is 18.9 Å². The third kappa shape index (κ3) is 3.97. The molecule has 3 aromatic rings. The Morgan fingerprint density at radius 2 is 2.00 bits per heavy atom. The second-order valence-electron chi connectivity index (χ2n) is 7.16. The van der Waals surface area contributed by atoms with E-state index in [1.807, 2.05) is 6.92 Å². The second kappa shape index (κ2) is 8.13. The van der Waals surface area contributed by atoms with Crippen LogP contribution >= 0.6 is 0 Å². The van der Waals surface area contributed by atoms with Gasteiger partial charge in [-0.3, -0.25) is 14.4 Å². The number of anilines is 1. The standard InChI is InChI=1S/C21H20F3N5O3/c1-4-32-19-17(31-3)7-13(8-25-19)16-6-5-15-18(27-16)12(2)29(20(15)30)14-9-26-28(10-14)11-21(22,23)24/h5-10,12H,4,11H2,1-3H3. The summed E-state index contributed by atoms with van der Waals surface area (Å²) >= 11 is 0. The number of fused-ring (bicyclic) bond motifs is 1. The highest BCUT2D eigenvalue weighted by Crippen LogP contribution is 2.38. The van der Waals surface area contributed by atoms with E-state index >= 15 is 0 Å². The summed E-state index contributed by atoms with van der Waals surface area (Å²) in [5.74, 6) is 0.473. The van der Waals surface area contributed by atoms with Gasteiger partial charge in [-0.05, 0) is 32.0 Å². The second-order valence-corrected chi connectivity index (χ2v) is 7.16. The number of nitrogens with zero attached hydrogens (tertiary/aromatic N) is 5. The Morgan fingerprint density at radius 3 is 2.69 bits per heavy atom. The van der Waals surface area contributed by atoms with E-state index in [-0.39, 0.29) is 11.6 Å². The van der Waals surface area contributed by atoms with Crippen molar-refractivity contribution in [2.75, 3.05) is 18.6 Å². The van der Waals surface area contributed by atoms with E-state index in [2.05, 4.69) is 15.1 Å². The molecule has 0 fully saturated rings. The van der Waals surface area contributed by atoms with Crippen molar-refractivity contribution in [1.29, 1.82) is 0 Å². The van der Waals surface area contributed by atoms with Crippen LogP contribution in [-0.2, 0) is 6.54 Å². The molecule has 1 unspecified atom stereocenters. The molecular formula is C21H20F3N5O3. The maximum Gasteiger partial charge on any atom is 0.408 e. The number of hydrogen-bond acceptors (Lipinski definition) is 6. The molecule has 0 radical (unpaired) electrons. The van der Waals surface area contributed by atoms with Gasteiger partial charge in [0.05, 0.1) is 48.6 Å². The molecule has 0 spiro atoms. The van der Waals surface area contributed by atoms with Gasteiger partial charge in [0, 0.05) is 18.0 Å². The lowest BCUT2D eigenvalue weighted by atomic mass is 10.1. The van der Waals surface area contributed by atoms with Crippen LogP contribution in [0, 0.1) is 0 Å². The molecule has 1 atom stereocenters. The average Bonchev–Trinajstić information content (AvgIpc) is 3.29. The van der Waals surface area contributed by atoms with Crippen LogP contribution in [0.25, 0.3) is 11.3 Å². The Kier molecular flexibility index (Phi) is 5.49. The number of pyridine rings is 2. The maximum absolute atomic E-state index is 12.9. The molecular weight excluding hydrogens is 427 g/mol. The van der Waals surface area contributed by atoms with E-state index in [0.717, 1.165) is 4.68 Å². The first-order chi connectivity index (χ1) is 15.2. The number of amides is 1. The Balaban J connectivity index is 1.64. The fraction of sp³-hybridized carbons (Fsp3) is 0.333. The highest BCUT2D eigenvalue weighted by atomic mass is 19.4. The third-order valence-corrected chi connectivity index (χ3v) is 5.01. The fourth-order valence-electron chi connectivity index (χ4n) is 3.61. The van der Waals surface area contributed by atoms with E-state index in [1.54, 1.807) is 31.3 Å². The smallest absolute Gasteiger partial charge is 0.408 e. The minimum absolute atomic E-state index is 0.274. The van der Waals surface area contributed by atoms with E-state index in [9.17, 15) is 18.0 Å². The zero-order valence-corrected chi connectivity index (χ0v) is 17.6. The summed E-state index contributed by atoms with van der Waals surface area (Å²) in [6.07, 6.45) is -0.358. The number of hydrogen-bond donors (Lipinski definition) is 0. The molecule has 168 valence electrons. The number of aromatic nitrogens is 4. The Hall–Kier alpha value is -3.63. The van der Waals surface area contributed by atoms with E-state index in [0.29, 0.717) is 40.8 Å². The van der Waals surface area contributed by atoms with Gasteiger partial charge in [0.25, 0.3) is 11.8 Å². The Morgan fingerprint density at radius 1 is 1.22 bits per heavy atom. The van der Waals surface area contributed by atoms with E-state index in [1.165, 1.54) is 24.4 Å². The number of ether oxygens (including phenoxy) is 2. The summed E-state index contributed by atoms with van der Waals surface area (Å²) < 4.78 is 49.5. The molecule has 8 nitrogen and oxygen atoms in total. The number of rotatable bonds is 6. The van der Waals surface area contributed by atoms with Crippen LogP contribution in [-0.4, -0.2) is 45.5 Å². The van der Waals surface area contributed by atoms with Crippen molar-refractivity contribution in [3.8, 4) is 22.9 Å². The topological polar surface area (TPSA) is 82.4 Å². The molecule has 0 aromatic carbocycles. The first kappa shape index (κ1) is 21.6. The lowest BCUT2D eigenvalue weighted by Crippen LogP contribution is -2.26. The number of methoxy groups -OCH3 is 1. The van der Waals surface area contributed by atoms with Crippen molar-refractivity contribution in [1.82, 2.24) is 19.7 Å². The van der Waals surface area contributed by atoms with Crippen molar-refractivity contribution in [3.63, 3.8) is 0 Å². The van der Waals surface area contributed by atoms with Crippen molar-refractivity contribution in [2.24, 2.45) is 0 Å². The lowest BCUT2D eigenvalue weighted by Gasteiger charge is -2.19. The highest BCUT2D eigenvalue weighted by Gasteiger charge is 2.38. The van der Waals surface area contributed by atoms with Gasteiger partial charge in [-0.1, -0.05) is 0 Å². The number of carbonyl (C=O) groups excluding carboxylic acids is 1. The molecule has 0 saturated heterocycles. The summed E-state index contributed by atoms with van der Waals surface area (Å²) in [6, 6.07) is 4.60. The molecule has 0 aliphatic carbocycles. The quantitative estimate of drug-likeness (QED) is 0.568. The van der Waals surface area contributed by atoms with Crippen LogP contribution < -0.4 is 14.4 Å². The highest BCUT2D eigenvalue weighted by molar-refractivity contribution is 6.10. The molecule has 1 aliphatic heterocycles. The summed E-state index contributed by atoms with van der Waals surface area (Å²) in [6.45, 7) is 2.81. The van der Waals surface area contributed by atoms with Crippen molar-refractivity contribution in [2.45, 2.75) is 32.6 Å². The largest absolute Gasteiger partial charge is 0.491 e. The summed E-state index contributed by atoms with van der Waals surface area (Å²) in [5, 5.41) is 3.73. The molecule has 1 amide bonds. The van der Waals surface area contributed by atoms with Gasteiger partial charge in [-0.15, -0.1) is 0 Å². The van der Waals surface area contributed by atoms with Gasteiger partial charge >= 0.3 is 6.18 Å². The Bertz CT molecular complexity index is 1160. The summed E-state index contributed by atoms with van der Waals surface area (Å²) in [5.41, 5.74) is 2.42. The van der Waals surface area contributed by atoms with Gasteiger partial charge in [0.15, 0.2) is 5.75 Å². The van der Waals surface area contributed by atoms with Crippen molar-refractivity contribution < 1.29 is 27.4 Å². The average molecular weight is 447 g/mol. The van der Waals surface area contributed by atoms with Gasteiger partial charge in [0.1, 0.15) is 6.54 Å². The monoisotopic (exact) mass is 447 g/mol. The molecule has 0 bridgehead atoms. The van der Waals surface area contributed by atoms with E-state index in [4.69, 9.17) is 9.47 Å². The Labute approximate surface area is 181 Å². The van der Waals surface area contributed by atoms with Gasteiger partial charge in [-0.2, -0.15) is 18.3 Å². The zero-order valence-electron chi connectivity index (χ0n) is 17.6. The van der Waals surface area contributed by atoms with Crippen LogP contribution in [0.3, 0.4) is 0 Å². The molecule has 0 saturated carbocycles. The van der Waals surface area contributed by atoms with Gasteiger partial charge in [0.2, 0.25) is 0 Å². The molecule has 32 heavy (non-hydrogen) atoms. The predicted octanol–water partition coefficient (Wildman–Crippen LogP) is 4.03. The van der Waals surface area contributed by atoms with Gasteiger partial charge < -0.3 is 9.47 Å². The third-order valence-electron chi connectivity index (χ3n) is 5.01. The lowest BCUT2D eigenvalue weighted by molar-refractivity contribution is -0.142.